The lowest BCUT2D eigenvalue weighted by Crippen LogP contribution is -2.16. The molecule has 1 unspecified atom stereocenters. The number of ketones is 2. The Labute approximate surface area is 160 Å². The third-order valence-electron chi connectivity index (χ3n) is 3.34. The summed E-state index contributed by atoms with van der Waals surface area (Å²) in [7, 11) is 2.50. The van der Waals surface area contributed by atoms with Crippen molar-refractivity contribution in [3.63, 3.8) is 0 Å². The maximum Gasteiger partial charge on any atom is 0.233 e. The van der Waals surface area contributed by atoms with Gasteiger partial charge in [0.25, 0.3) is 0 Å². The molecule has 0 N–H and O–H groups in total. The molecule has 0 saturated heterocycles. The van der Waals surface area contributed by atoms with Crippen molar-refractivity contribution in [2.24, 2.45) is 0 Å². The van der Waals surface area contributed by atoms with Crippen LogP contribution < -0.4 is 14.8 Å². The smallest absolute Gasteiger partial charge is 0.233 e. The minimum Gasteiger partial charge on any atom is -0.487 e. The first-order valence-corrected chi connectivity index (χ1v) is 9.00. The summed E-state index contributed by atoms with van der Waals surface area (Å²) in [6.45, 7) is -1.90. The number of carbonyl (C=O) groups is 2. The van der Waals surface area contributed by atoms with Gasteiger partial charge in [-0.1, -0.05) is 28.1 Å². The van der Waals surface area contributed by atoms with Crippen molar-refractivity contribution in [2.75, 3.05) is 26.6 Å². The molecule has 2 rings (SSSR count). The van der Waals surface area contributed by atoms with Gasteiger partial charge in [-0.3, -0.25) is 9.59 Å². The topological polar surface area (TPSA) is 52.6 Å². The Hall–Kier alpha value is -1.85. The Kier molecular flexibility index (Phi) is 7.66. The number of Topliss-reactive ketones (excluding diaryl/α,β-unsaturated/α-hetero) is 2. The van der Waals surface area contributed by atoms with Crippen molar-refractivity contribution in [2.45, 2.75) is 0 Å². The van der Waals surface area contributed by atoms with E-state index in [-0.39, 0.29) is 35.8 Å². The summed E-state index contributed by atoms with van der Waals surface area (Å²) in [5.74, 6) is -1.17. The summed E-state index contributed by atoms with van der Waals surface area (Å²) in [6, 6.07) is 8.87. The van der Waals surface area contributed by atoms with E-state index in [4.69, 9.17) is 9.47 Å². The molecule has 2 aromatic carbocycles. The van der Waals surface area contributed by atoms with E-state index in [0.29, 0.717) is 4.47 Å². The van der Waals surface area contributed by atoms with Crippen molar-refractivity contribution < 1.29 is 27.8 Å². The highest BCUT2D eigenvalue weighted by molar-refractivity contribution is 9.10. The van der Waals surface area contributed by atoms with Crippen LogP contribution >= 0.6 is 25.2 Å². The predicted molar refractivity (Wildman–Crippen MR) is 102 cm³/mol. The molecule has 8 heteroatoms. The van der Waals surface area contributed by atoms with E-state index < -0.39 is 24.9 Å². The van der Waals surface area contributed by atoms with Gasteiger partial charge in [0.2, 0.25) is 11.6 Å². The first kappa shape index (κ1) is 20.5. The SMILES string of the molecule is O=C(C(=O)c1ccc(OCCF)c(OCCF)c1)c1ccc(P)c(Br)c1. The number of rotatable bonds is 9. The monoisotopic (exact) mass is 444 g/mol. The maximum atomic E-state index is 12.5. The second kappa shape index (κ2) is 9.74. The van der Waals surface area contributed by atoms with Crippen LogP contribution in [0.4, 0.5) is 8.78 Å². The largest absolute Gasteiger partial charge is 0.487 e. The van der Waals surface area contributed by atoms with Crippen molar-refractivity contribution >= 4 is 42.0 Å². The second-order valence-corrected chi connectivity index (χ2v) is 6.61. The number of hydrogen-bond acceptors (Lipinski definition) is 4. The average Bonchev–Trinajstić information content (AvgIpc) is 2.65. The quantitative estimate of drug-likeness (QED) is 0.336. The highest BCUT2D eigenvalue weighted by Gasteiger charge is 2.21. The van der Waals surface area contributed by atoms with Gasteiger partial charge in [0.1, 0.15) is 26.6 Å². The minimum atomic E-state index is -0.741. The Morgan fingerprint density at radius 3 is 2.00 bits per heavy atom. The van der Waals surface area contributed by atoms with Gasteiger partial charge in [0.05, 0.1) is 0 Å². The highest BCUT2D eigenvalue weighted by atomic mass is 79.9. The molecule has 0 aliphatic rings. The zero-order valence-electron chi connectivity index (χ0n) is 13.6. The minimum absolute atomic E-state index is 0.0718. The van der Waals surface area contributed by atoms with Gasteiger partial charge in [0, 0.05) is 15.6 Å². The number of ether oxygens (including phenoxy) is 2. The molecule has 1 atom stereocenters. The Bertz CT molecular complexity index is 814. The Morgan fingerprint density at radius 1 is 0.885 bits per heavy atom. The molecule has 2 aromatic rings. The number of alkyl halides is 2. The molecule has 138 valence electrons. The van der Waals surface area contributed by atoms with Gasteiger partial charge in [0.15, 0.2) is 11.5 Å². The second-order valence-electron chi connectivity index (χ2n) is 5.13. The molecule has 0 aliphatic carbocycles. The summed E-state index contributed by atoms with van der Waals surface area (Å²) in [6.07, 6.45) is 0. The first-order chi connectivity index (χ1) is 12.5. The Morgan fingerprint density at radius 2 is 1.42 bits per heavy atom. The van der Waals surface area contributed by atoms with Crippen LogP contribution in [0.3, 0.4) is 0 Å². The van der Waals surface area contributed by atoms with Gasteiger partial charge in [-0.2, -0.15) is 0 Å². The molecule has 0 aromatic heterocycles. The molecule has 26 heavy (non-hydrogen) atoms. The summed E-state index contributed by atoms with van der Waals surface area (Å²) in [4.78, 5) is 24.9. The van der Waals surface area contributed by atoms with Gasteiger partial charge < -0.3 is 9.47 Å². The average molecular weight is 445 g/mol. The lowest BCUT2D eigenvalue weighted by atomic mass is 10.0. The lowest BCUT2D eigenvalue weighted by Gasteiger charge is -2.12. The third kappa shape index (κ3) is 5.08. The van der Waals surface area contributed by atoms with E-state index in [1.54, 1.807) is 18.2 Å². The number of halogens is 3. The molecule has 0 radical (unpaired) electrons. The molecule has 0 heterocycles. The molecule has 0 amide bonds. The summed E-state index contributed by atoms with van der Waals surface area (Å²) in [5.41, 5.74) is 0.305. The number of benzene rings is 2. The fourth-order valence-corrected chi connectivity index (χ4v) is 2.67. The molecular weight excluding hydrogens is 429 g/mol. The van der Waals surface area contributed by atoms with Crippen molar-refractivity contribution in [3.05, 3.63) is 52.0 Å². The van der Waals surface area contributed by atoms with E-state index in [1.807, 2.05) is 0 Å². The third-order valence-corrected chi connectivity index (χ3v) is 4.96. The van der Waals surface area contributed by atoms with Gasteiger partial charge in [-0.05, 0) is 29.6 Å². The first-order valence-electron chi connectivity index (χ1n) is 7.63. The van der Waals surface area contributed by atoms with Crippen LogP contribution in [0.15, 0.2) is 40.9 Å². The van der Waals surface area contributed by atoms with E-state index in [2.05, 4.69) is 25.2 Å². The number of hydrogen-bond donors (Lipinski definition) is 0. The van der Waals surface area contributed by atoms with Crippen LogP contribution in [-0.4, -0.2) is 38.1 Å². The fraction of sp³-hybridized carbons (Fsp3) is 0.222. The standard InChI is InChI=1S/C18H16BrF2O4P/c19-13-9-11(2-4-16(13)26)17(22)18(23)12-1-3-14(24-7-5-20)15(10-12)25-8-6-21/h1-4,9-10H,5-8,26H2. The zero-order valence-corrected chi connectivity index (χ0v) is 16.4. The molecular formula is C18H16BrF2O4P. The zero-order chi connectivity index (χ0) is 19.1. The van der Waals surface area contributed by atoms with Crippen LogP contribution in [0.5, 0.6) is 11.5 Å². The molecule has 4 nitrogen and oxygen atoms in total. The fourth-order valence-electron chi connectivity index (χ4n) is 2.11. The van der Waals surface area contributed by atoms with Crippen LogP contribution in [0, 0.1) is 0 Å². The van der Waals surface area contributed by atoms with Gasteiger partial charge >= 0.3 is 0 Å². The van der Waals surface area contributed by atoms with Crippen molar-refractivity contribution in [1.29, 1.82) is 0 Å². The highest BCUT2D eigenvalue weighted by Crippen LogP contribution is 2.29. The van der Waals surface area contributed by atoms with E-state index in [1.165, 1.54) is 18.2 Å². The van der Waals surface area contributed by atoms with E-state index in [9.17, 15) is 18.4 Å². The van der Waals surface area contributed by atoms with Crippen molar-refractivity contribution in [1.82, 2.24) is 0 Å². The van der Waals surface area contributed by atoms with Crippen molar-refractivity contribution in [3.8, 4) is 11.5 Å². The van der Waals surface area contributed by atoms with Crippen LogP contribution in [0.1, 0.15) is 20.7 Å². The van der Waals surface area contributed by atoms with E-state index >= 15 is 0 Å². The molecule has 0 aliphatic heterocycles. The lowest BCUT2D eigenvalue weighted by molar-refractivity contribution is 0.0816. The number of carbonyl (C=O) groups excluding carboxylic acids is 2. The molecule has 0 spiro atoms. The normalized spacial score (nSPS) is 10.5. The van der Waals surface area contributed by atoms with Gasteiger partial charge in [-0.15, -0.1) is 9.24 Å². The predicted octanol–water partition coefficient (Wildman–Crippen LogP) is 3.71. The summed E-state index contributed by atoms with van der Waals surface area (Å²) >= 11 is 3.31. The summed E-state index contributed by atoms with van der Waals surface area (Å²) < 4.78 is 35.7. The summed E-state index contributed by atoms with van der Waals surface area (Å²) in [5, 5.41) is 0.852. The molecule has 0 fully saturated rings. The van der Waals surface area contributed by atoms with Crippen LogP contribution in [0.25, 0.3) is 0 Å². The van der Waals surface area contributed by atoms with Gasteiger partial charge in [-0.25, -0.2) is 8.78 Å². The van der Waals surface area contributed by atoms with Crippen LogP contribution in [0.2, 0.25) is 0 Å². The molecule has 0 bridgehead atoms. The van der Waals surface area contributed by atoms with Crippen LogP contribution in [-0.2, 0) is 0 Å². The Balaban J connectivity index is 2.29. The maximum absolute atomic E-state index is 12.5. The molecule has 0 saturated carbocycles. The van der Waals surface area contributed by atoms with E-state index in [0.717, 1.165) is 5.30 Å².